The van der Waals surface area contributed by atoms with E-state index in [2.05, 4.69) is 28.4 Å². The summed E-state index contributed by atoms with van der Waals surface area (Å²) in [5.74, 6) is -0.0207. The van der Waals surface area contributed by atoms with Gasteiger partial charge in [-0.3, -0.25) is 10.1 Å². The number of carbonyl (C=O) groups is 1. The fraction of sp³-hybridized carbons (Fsp3) is 0.457. The summed E-state index contributed by atoms with van der Waals surface area (Å²) in [6.07, 6.45) is 7.46. The van der Waals surface area contributed by atoms with E-state index in [9.17, 15) is 19.4 Å². The van der Waals surface area contributed by atoms with Crippen molar-refractivity contribution in [3.63, 3.8) is 0 Å². The number of hydrogen-bond donors (Lipinski definition) is 3. The van der Waals surface area contributed by atoms with Crippen LogP contribution in [0.25, 0.3) is 22.8 Å². The van der Waals surface area contributed by atoms with E-state index in [4.69, 9.17) is 0 Å². The maximum Gasteiger partial charge on any atom is 0.259 e. The van der Waals surface area contributed by atoms with Gasteiger partial charge in [0.05, 0.1) is 34.7 Å². The van der Waals surface area contributed by atoms with E-state index < -0.39 is 23.0 Å². The number of carbonyl (C=O) groups excluding carboxylic acids is 1. The number of aryl methyl sites for hydroxylation is 1. The van der Waals surface area contributed by atoms with Gasteiger partial charge in [0.25, 0.3) is 5.91 Å². The minimum absolute atomic E-state index is 0.00754. The Morgan fingerprint density at radius 1 is 1.11 bits per heavy atom. The SMILES string of the molecule is Cn1c(NC(=O)[C@@]2(O)CCC3C4CCC5=Cc6c(cnn6-c6ccc(F)cc6)CC5(C)C4C(O)CC32C)nc2ccccc21. The van der Waals surface area contributed by atoms with Crippen molar-refractivity contribution in [1.82, 2.24) is 19.3 Å². The average Bonchev–Trinajstić information content (AvgIpc) is 3.63. The number of imidazole rings is 1. The van der Waals surface area contributed by atoms with Gasteiger partial charge >= 0.3 is 0 Å². The fourth-order valence-corrected chi connectivity index (χ4v) is 9.81. The highest BCUT2D eigenvalue weighted by molar-refractivity contribution is 5.98. The van der Waals surface area contributed by atoms with Crippen molar-refractivity contribution >= 4 is 29.0 Å². The minimum Gasteiger partial charge on any atom is -0.393 e. The van der Waals surface area contributed by atoms with Gasteiger partial charge in [-0.15, -0.1) is 0 Å². The standard InChI is InChI=1S/C35H38FN5O3/c1-33-17-20-19-37-41(23-11-9-22(36)10-12-23)28(20)16-21(33)8-13-24-25-14-15-35(44,34(25,2)18-29(42)30(24)33)31(43)39-32-38-26-6-4-5-7-27(26)40(32)3/h4-7,9-12,16,19,24-25,29-30,42,44H,8,13-15,17-18H2,1-3H3,(H,38,39,43)/t24?,25?,29?,30?,33?,34?,35-/m0/s1. The number of aromatic nitrogens is 4. The Balaban J connectivity index is 1.09. The van der Waals surface area contributed by atoms with Crippen molar-refractivity contribution in [3.8, 4) is 5.69 Å². The Labute approximate surface area is 255 Å². The second-order valence-corrected chi connectivity index (χ2v) is 14.1. The van der Waals surface area contributed by atoms with Gasteiger partial charge < -0.3 is 14.8 Å². The van der Waals surface area contributed by atoms with Crippen LogP contribution in [-0.4, -0.2) is 47.2 Å². The number of anilines is 1. The normalized spacial score (nSPS) is 34.1. The molecule has 3 N–H and O–H groups in total. The molecule has 8 nitrogen and oxygen atoms in total. The Bertz CT molecular complexity index is 1840. The van der Waals surface area contributed by atoms with Crippen LogP contribution in [0.15, 0.2) is 60.3 Å². The monoisotopic (exact) mass is 595 g/mol. The molecule has 2 aromatic heterocycles. The molecule has 7 atom stereocenters. The Morgan fingerprint density at radius 3 is 2.66 bits per heavy atom. The molecule has 228 valence electrons. The molecule has 6 unspecified atom stereocenters. The molecule has 2 heterocycles. The van der Waals surface area contributed by atoms with Crippen molar-refractivity contribution in [3.05, 3.63) is 77.4 Å². The number of para-hydroxylation sites is 2. The highest BCUT2D eigenvalue weighted by Gasteiger charge is 2.68. The van der Waals surface area contributed by atoms with Gasteiger partial charge in [-0.1, -0.05) is 31.6 Å². The predicted octanol–water partition coefficient (Wildman–Crippen LogP) is 5.42. The number of fused-ring (bicyclic) bond motifs is 7. The quantitative estimate of drug-likeness (QED) is 0.293. The lowest BCUT2D eigenvalue weighted by Gasteiger charge is -2.60. The van der Waals surface area contributed by atoms with E-state index in [0.717, 1.165) is 53.7 Å². The number of aliphatic hydroxyl groups excluding tert-OH is 1. The third-order valence-corrected chi connectivity index (χ3v) is 12.0. The largest absolute Gasteiger partial charge is 0.393 e. The first kappa shape index (κ1) is 27.7. The highest BCUT2D eigenvalue weighted by atomic mass is 19.1. The topological polar surface area (TPSA) is 105 Å². The van der Waals surface area contributed by atoms with E-state index in [0.29, 0.717) is 18.8 Å². The summed E-state index contributed by atoms with van der Waals surface area (Å²) < 4.78 is 17.3. The number of rotatable bonds is 3. The lowest BCUT2D eigenvalue weighted by atomic mass is 9.45. The molecule has 0 saturated heterocycles. The molecular formula is C35H38FN5O3. The molecule has 0 bridgehead atoms. The van der Waals surface area contributed by atoms with Crippen LogP contribution in [0, 0.1) is 34.4 Å². The number of benzene rings is 2. The number of aliphatic hydroxyl groups is 2. The second-order valence-electron chi connectivity index (χ2n) is 14.1. The molecule has 3 saturated carbocycles. The zero-order valence-corrected chi connectivity index (χ0v) is 25.3. The summed E-state index contributed by atoms with van der Waals surface area (Å²) in [6.45, 7) is 4.29. The minimum atomic E-state index is -1.62. The zero-order chi connectivity index (χ0) is 30.6. The van der Waals surface area contributed by atoms with Gasteiger partial charge in [0, 0.05) is 12.5 Å². The molecule has 1 amide bonds. The number of hydrogen-bond acceptors (Lipinski definition) is 5. The van der Waals surface area contributed by atoms with Gasteiger partial charge in [-0.05, 0) is 110 Å². The molecule has 4 aromatic rings. The van der Waals surface area contributed by atoms with Gasteiger partial charge in [-0.25, -0.2) is 14.1 Å². The van der Waals surface area contributed by atoms with Gasteiger partial charge in [0.15, 0.2) is 0 Å². The summed E-state index contributed by atoms with van der Waals surface area (Å²) in [5, 5.41) is 31.8. The maximum absolute atomic E-state index is 13.9. The molecule has 0 aliphatic heterocycles. The molecule has 8 rings (SSSR count). The highest BCUT2D eigenvalue weighted by Crippen LogP contribution is 2.67. The molecule has 0 radical (unpaired) electrons. The molecular weight excluding hydrogens is 557 g/mol. The fourth-order valence-electron chi connectivity index (χ4n) is 9.81. The van der Waals surface area contributed by atoms with Crippen LogP contribution < -0.4 is 5.32 Å². The van der Waals surface area contributed by atoms with E-state index in [1.807, 2.05) is 53.7 Å². The summed E-state index contributed by atoms with van der Waals surface area (Å²) in [5.41, 5.74) is 3.30. The summed E-state index contributed by atoms with van der Waals surface area (Å²) >= 11 is 0. The third-order valence-electron chi connectivity index (χ3n) is 12.0. The van der Waals surface area contributed by atoms with Crippen LogP contribution in [0.2, 0.25) is 0 Å². The molecule has 0 spiro atoms. The lowest BCUT2D eigenvalue weighted by molar-refractivity contribution is -0.177. The maximum atomic E-state index is 13.9. The van der Waals surface area contributed by atoms with Crippen LogP contribution >= 0.6 is 0 Å². The van der Waals surface area contributed by atoms with E-state index in [1.54, 1.807) is 12.1 Å². The van der Waals surface area contributed by atoms with Crippen LogP contribution in [0.1, 0.15) is 57.2 Å². The molecule has 9 heteroatoms. The van der Waals surface area contributed by atoms with Crippen molar-refractivity contribution in [2.24, 2.45) is 35.6 Å². The molecule has 4 aliphatic carbocycles. The van der Waals surface area contributed by atoms with Crippen molar-refractivity contribution in [1.29, 1.82) is 0 Å². The number of nitrogens with zero attached hydrogens (tertiary/aromatic N) is 4. The Morgan fingerprint density at radius 2 is 1.89 bits per heavy atom. The van der Waals surface area contributed by atoms with Crippen molar-refractivity contribution in [2.45, 2.75) is 64.1 Å². The summed E-state index contributed by atoms with van der Waals surface area (Å²) in [7, 11) is 1.86. The van der Waals surface area contributed by atoms with Crippen LogP contribution in [0.4, 0.5) is 10.3 Å². The zero-order valence-electron chi connectivity index (χ0n) is 25.3. The first-order valence-corrected chi connectivity index (χ1v) is 15.7. The Kier molecular flexibility index (Phi) is 5.88. The molecule has 2 aromatic carbocycles. The second kappa shape index (κ2) is 9.34. The van der Waals surface area contributed by atoms with Crippen LogP contribution in [0.5, 0.6) is 0 Å². The van der Waals surface area contributed by atoms with Gasteiger partial charge in [0.2, 0.25) is 5.95 Å². The van der Waals surface area contributed by atoms with Crippen LogP contribution in [-0.2, 0) is 18.3 Å². The Hall–Kier alpha value is -3.82. The van der Waals surface area contributed by atoms with Crippen molar-refractivity contribution < 1.29 is 19.4 Å². The summed E-state index contributed by atoms with van der Waals surface area (Å²) in [6, 6.07) is 14.1. The van der Waals surface area contributed by atoms with Gasteiger partial charge in [0.1, 0.15) is 11.4 Å². The first-order chi connectivity index (χ1) is 21.0. The van der Waals surface area contributed by atoms with Gasteiger partial charge in [-0.2, -0.15) is 5.10 Å². The van der Waals surface area contributed by atoms with Crippen molar-refractivity contribution in [2.75, 3.05) is 5.32 Å². The molecule has 3 fully saturated rings. The average molecular weight is 596 g/mol. The van der Waals surface area contributed by atoms with E-state index in [1.165, 1.54) is 17.7 Å². The smallest absolute Gasteiger partial charge is 0.259 e. The van der Waals surface area contributed by atoms with E-state index >= 15 is 0 Å². The van der Waals surface area contributed by atoms with Crippen LogP contribution in [0.3, 0.4) is 0 Å². The number of amides is 1. The number of halogens is 1. The molecule has 44 heavy (non-hydrogen) atoms. The third kappa shape index (κ3) is 3.65. The lowest BCUT2D eigenvalue weighted by Crippen LogP contribution is -2.62. The first-order valence-electron chi connectivity index (χ1n) is 15.7. The number of allylic oxidation sites excluding steroid dienone is 1. The van der Waals surface area contributed by atoms with E-state index in [-0.39, 0.29) is 29.0 Å². The predicted molar refractivity (Wildman–Crippen MR) is 165 cm³/mol. The molecule has 4 aliphatic rings. The number of nitrogens with one attached hydrogen (secondary N) is 1. The summed E-state index contributed by atoms with van der Waals surface area (Å²) in [4.78, 5) is 18.5.